The fraction of sp³-hybridized carbons (Fsp3) is 1.00. The first-order valence-corrected chi connectivity index (χ1v) is 8.95. The van der Waals surface area contributed by atoms with Gasteiger partial charge in [0.1, 0.15) is 0 Å². The lowest BCUT2D eigenvalue weighted by atomic mass is 9.99. The van der Waals surface area contributed by atoms with Gasteiger partial charge < -0.3 is 0 Å². The molecule has 0 aliphatic heterocycles. The first-order chi connectivity index (χ1) is 7.24. The molecule has 2 fully saturated rings. The number of alkyl halides is 2. The summed E-state index contributed by atoms with van der Waals surface area (Å²) in [6.07, 6.45) is 11.3. The number of rotatable bonds is 2. The second kappa shape index (κ2) is 6.30. The summed E-state index contributed by atoms with van der Waals surface area (Å²) in [4.78, 5) is 1.63. The Hall–Kier alpha value is 1.31. The Labute approximate surface area is 115 Å². The number of hydrogen-bond donors (Lipinski definition) is 0. The molecule has 0 amide bonds. The standard InChI is InChI=1S/C12H20Br2S/c13-9-1-5-11(6-2-9)15-12-7-3-10(14)4-8-12/h9-12H,1-8H2. The van der Waals surface area contributed by atoms with Gasteiger partial charge in [-0.05, 0) is 51.4 Å². The highest BCUT2D eigenvalue weighted by Gasteiger charge is 2.25. The molecule has 2 rings (SSSR count). The van der Waals surface area contributed by atoms with E-state index in [2.05, 4.69) is 43.6 Å². The first kappa shape index (κ1) is 12.8. The number of halogens is 2. The summed E-state index contributed by atoms with van der Waals surface area (Å²) in [5.41, 5.74) is 0. The highest BCUT2D eigenvalue weighted by molar-refractivity contribution is 9.09. The minimum Gasteiger partial charge on any atom is -0.155 e. The van der Waals surface area contributed by atoms with Gasteiger partial charge in [-0.2, -0.15) is 11.8 Å². The monoisotopic (exact) mass is 354 g/mol. The third-order valence-corrected chi connectivity index (χ3v) is 7.14. The normalized spacial score (nSPS) is 42.8. The van der Waals surface area contributed by atoms with Gasteiger partial charge in [0.05, 0.1) is 0 Å². The van der Waals surface area contributed by atoms with E-state index in [0.29, 0.717) is 0 Å². The molecule has 2 aliphatic rings. The van der Waals surface area contributed by atoms with Gasteiger partial charge in [-0.25, -0.2) is 0 Å². The van der Waals surface area contributed by atoms with Crippen LogP contribution in [0.1, 0.15) is 51.4 Å². The Bertz CT molecular complexity index is 162. The molecule has 0 saturated heterocycles. The summed E-state index contributed by atoms with van der Waals surface area (Å²) >= 11 is 9.77. The predicted molar refractivity (Wildman–Crippen MR) is 77.5 cm³/mol. The van der Waals surface area contributed by atoms with Crippen LogP contribution in [-0.4, -0.2) is 20.2 Å². The molecule has 2 saturated carbocycles. The largest absolute Gasteiger partial charge is 0.155 e. The van der Waals surface area contributed by atoms with Crippen molar-refractivity contribution in [3.8, 4) is 0 Å². The lowest BCUT2D eigenvalue weighted by Crippen LogP contribution is -2.22. The average Bonchev–Trinajstić information content (AvgIpc) is 2.25. The predicted octanol–water partition coefficient (Wildman–Crippen LogP) is 5.13. The molecule has 0 aromatic rings. The van der Waals surface area contributed by atoms with E-state index in [1.807, 2.05) is 0 Å². The highest BCUT2D eigenvalue weighted by atomic mass is 79.9. The number of hydrogen-bond acceptors (Lipinski definition) is 1. The molecule has 0 atom stereocenters. The Morgan fingerprint density at radius 1 is 0.600 bits per heavy atom. The summed E-state index contributed by atoms with van der Waals surface area (Å²) in [6.45, 7) is 0. The van der Waals surface area contributed by atoms with E-state index < -0.39 is 0 Å². The Morgan fingerprint density at radius 3 is 1.27 bits per heavy atom. The van der Waals surface area contributed by atoms with Crippen molar-refractivity contribution in [3.63, 3.8) is 0 Å². The van der Waals surface area contributed by atoms with Gasteiger partial charge in [-0.15, -0.1) is 0 Å². The van der Waals surface area contributed by atoms with Crippen LogP contribution in [-0.2, 0) is 0 Å². The van der Waals surface area contributed by atoms with Crippen molar-refractivity contribution in [2.24, 2.45) is 0 Å². The molecular formula is C12H20Br2S. The molecule has 88 valence electrons. The molecule has 0 aromatic heterocycles. The zero-order valence-corrected chi connectivity index (χ0v) is 13.1. The smallest absolute Gasteiger partial charge is 0.0146 e. The topological polar surface area (TPSA) is 0 Å². The minimum absolute atomic E-state index is 0.813. The fourth-order valence-corrected chi connectivity index (χ4v) is 5.28. The quantitative estimate of drug-likeness (QED) is 0.618. The zero-order valence-electron chi connectivity index (χ0n) is 9.13. The summed E-state index contributed by atoms with van der Waals surface area (Å²) in [6, 6.07) is 0. The fourth-order valence-electron chi connectivity index (χ4n) is 2.59. The molecule has 0 nitrogen and oxygen atoms in total. The van der Waals surface area contributed by atoms with Crippen molar-refractivity contribution in [2.45, 2.75) is 71.5 Å². The van der Waals surface area contributed by atoms with Gasteiger partial charge in [0, 0.05) is 20.2 Å². The van der Waals surface area contributed by atoms with E-state index >= 15 is 0 Å². The highest BCUT2D eigenvalue weighted by Crippen LogP contribution is 2.39. The van der Waals surface area contributed by atoms with Gasteiger partial charge in [0.25, 0.3) is 0 Å². The van der Waals surface area contributed by atoms with Crippen LogP contribution in [0.25, 0.3) is 0 Å². The van der Waals surface area contributed by atoms with Crippen molar-refractivity contribution in [3.05, 3.63) is 0 Å². The van der Waals surface area contributed by atoms with Crippen molar-refractivity contribution in [2.75, 3.05) is 0 Å². The lowest BCUT2D eigenvalue weighted by molar-refractivity contribution is 0.512. The van der Waals surface area contributed by atoms with Gasteiger partial charge in [-0.3, -0.25) is 0 Å². The summed E-state index contributed by atoms with van der Waals surface area (Å²) in [5, 5.41) is 1.94. The van der Waals surface area contributed by atoms with Gasteiger partial charge >= 0.3 is 0 Å². The number of thioether (sulfide) groups is 1. The van der Waals surface area contributed by atoms with Crippen molar-refractivity contribution in [1.29, 1.82) is 0 Å². The van der Waals surface area contributed by atoms with Crippen molar-refractivity contribution in [1.82, 2.24) is 0 Å². The van der Waals surface area contributed by atoms with Crippen LogP contribution in [0.2, 0.25) is 0 Å². The Kier molecular flexibility index (Phi) is 5.36. The maximum Gasteiger partial charge on any atom is 0.0146 e. The minimum atomic E-state index is 0.813. The van der Waals surface area contributed by atoms with E-state index in [1.54, 1.807) is 0 Å². The molecule has 0 heterocycles. The second-order valence-electron chi connectivity index (χ2n) is 4.88. The van der Waals surface area contributed by atoms with Crippen LogP contribution in [0, 0.1) is 0 Å². The summed E-state index contributed by atoms with van der Waals surface area (Å²) in [7, 11) is 0. The van der Waals surface area contributed by atoms with Gasteiger partial charge in [0.15, 0.2) is 0 Å². The second-order valence-corrected chi connectivity index (χ2v) is 9.08. The summed E-state index contributed by atoms with van der Waals surface area (Å²) < 4.78 is 0. The van der Waals surface area contributed by atoms with Crippen LogP contribution >= 0.6 is 43.6 Å². The molecular weight excluding hydrogens is 336 g/mol. The maximum atomic E-state index is 3.73. The van der Waals surface area contributed by atoms with E-state index in [1.165, 1.54) is 51.4 Å². The third-order valence-electron chi connectivity index (χ3n) is 3.59. The van der Waals surface area contributed by atoms with Crippen LogP contribution in [0.15, 0.2) is 0 Å². The van der Waals surface area contributed by atoms with Crippen molar-refractivity contribution >= 4 is 43.6 Å². The van der Waals surface area contributed by atoms with Crippen LogP contribution in [0.5, 0.6) is 0 Å². The van der Waals surface area contributed by atoms with Gasteiger partial charge in [0.2, 0.25) is 0 Å². The van der Waals surface area contributed by atoms with Crippen molar-refractivity contribution < 1.29 is 0 Å². The summed E-state index contributed by atoms with van der Waals surface area (Å²) in [5.74, 6) is 0. The SMILES string of the molecule is BrC1CCC(SC2CCC(Br)CC2)CC1. The molecule has 2 aliphatic carbocycles. The molecule has 0 unspecified atom stereocenters. The van der Waals surface area contributed by atoms with Crippen LogP contribution < -0.4 is 0 Å². The third kappa shape index (κ3) is 4.23. The molecule has 0 spiro atoms. The first-order valence-electron chi connectivity index (χ1n) is 6.17. The molecule has 0 N–H and O–H groups in total. The molecule has 0 bridgehead atoms. The molecule has 3 heteroatoms. The van der Waals surface area contributed by atoms with E-state index in [9.17, 15) is 0 Å². The maximum absolute atomic E-state index is 3.73. The van der Waals surface area contributed by atoms with E-state index in [-0.39, 0.29) is 0 Å². The molecule has 15 heavy (non-hydrogen) atoms. The molecule has 0 aromatic carbocycles. The van der Waals surface area contributed by atoms with Gasteiger partial charge in [-0.1, -0.05) is 31.9 Å². The van der Waals surface area contributed by atoms with E-state index in [4.69, 9.17) is 0 Å². The van der Waals surface area contributed by atoms with Crippen LogP contribution in [0.3, 0.4) is 0 Å². The Morgan fingerprint density at radius 2 is 0.933 bits per heavy atom. The Balaban J connectivity index is 1.68. The molecule has 0 radical (unpaired) electrons. The van der Waals surface area contributed by atoms with E-state index in [0.717, 1.165) is 20.2 Å². The zero-order chi connectivity index (χ0) is 10.7. The van der Waals surface area contributed by atoms with Crippen LogP contribution in [0.4, 0.5) is 0 Å². The average molecular weight is 356 g/mol. The lowest BCUT2D eigenvalue weighted by Gasteiger charge is -2.31.